The summed E-state index contributed by atoms with van der Waals surface area (Å²) in [5.41, 5.74) is 4.19. The molecule has 0 saturated carbocycles. The van der Waals surface area contributed by atoms with Gasteiger partial charge in [0, 0.05) is 30.2 Å². The fourth-order valence-electron chi connectivity index (χ4n) is 3.98. The second kappa shape index (κ2) is 6.01. The van der Waals surface area contributed by atoms with Gasteiger partial charge in [0.2, 0.25) is 0 Å². The van der Waals surface area contributed by atoms with Crippen LogP contribution in [0.5, 0.6) is 5.75 Å². The molecular weight excluding hydrogens is 328 g/mol. The zero-order chi connectivity index (χ0) is 17.5. The number of hydrogen-bond donors (Lipinski definition) is 2. The van der Waals surface area contributed by atoms with Crippen LogP contribution in [0.25, 0.3) is 22.1 Å². The van der Waals surface area contributed by atoms with E-state index < -0.39 is 0 Å². The zero-order valence-corrected chi connectivity index (χ0v) is 14.6. The molecule has 0 spiro atoms. The van der Waals surface area contributed by atoms with Crippen molar-refractivity contribution in [1.29, 1.82) is 0 Å². The molecule has 0 amide bonds. The van der Waals surface area contributed by atoms with E-state index in [0.717, 1.165) is 54.2 Å². The number of ether oxygens (including phenoxy) is 1. The Hall–Kier alpha value is -3.09. The summed E-state index contributed by atoms with van der Waals surface area (Å²) in [6, 6.07) is 6.21. The number of H-pyrrole nitrogens is 2. The van der Waals surface area contributed by atoms with E-state index >= 15 is 0 Å². The standard InChI is InChI=1S/C19H20N6O/c1-26-13-2-3-16-14(8-13)15(9-20-16)12-4-6-25(7-5-12)19-17-18(22-10-21-17)23-11-24-19/h2-3,8-12,20H,4-7H2,1H3,(H,21,22,23,24). The fourth-order valence-corrected chi connectivity index (χ4v) is 3.98. The van der Waals surface area contributed by atoms with Crippen molar-refractivity contribution in [2.45, 2.75) is 18.8 Å². The van der Waals surface area contributed by atoms with E-state index in [4.69, 9.17) is 4.74 Å². The number of nitrogens with zero attached hydrogens (tertiary/aromatic N) is 4. The lowest BCUT2D eigenvalue weighted by Gasteiger charge is -2.32. The van der Waals surface area contributed by atoms with Crippen molar-refractivity contribution < 1.29 is 4.74 Å². The fraction of sp³-hybridized carbons (Fsp3) is 0.316. The number of nitrogens with one attached hydrogen (secondary N) is 2. The number of piperidine rings is 1. The molecule has 7 heteroatoms. The molecule has 0 bridgehead atoms. The van der Waals surface area contributed by atoms with Gasteiger partial charge in [0.15, 0.2) is 11.5 Å². The molecule has 1 fully saturated rings. The third-order valence-electron chi connectivity index (χ3n) is 5.36. The quantitative estimate of drug-likeness (QED) is 0.594. The van der Waals surface area contributed by atoms with E-state index in [9.17, 15) is 0 Å². The third-order valence-corrected chi connectivity index (χ3v) is 5.36. The predicted octanol–water partition coefficient (Wildman–Crippen LogP) is 3.23. The van der Waals surface area contributed by atoms with Crippen LogP contribution in [-0.2, 0) is 0 Å². The van der Waals surface area contributed by atoms with Crippen LogP contribution in [0.1, 0.15) is 24.3 Å². The summed E-state index contributed by atoms with van der Waals surface area (Å²) in [6.45, 7) is 1.93. The smallest absolute Gasteiger partial charge is 0.182 e. The monoisotopic (exact) mass is 348 g/mol. The SMILES string of the molecule is COc1ccc2[nH]cc(C3CCN(c4ncnc5nc[nH]c45)CC3)c2c1. The van der Waals surface area contributed by atoms with E-state index in [-0.39, 0.29) is 0 Å². The van der Waals surface area contributed by atoms with Gasteiger partial charge in [-0.25, -0.2) is 15.0 Å². The van der Waals surface area contributed by atoms with E-state index in [1.165, 1.54) is 10.9 Å². The summed E-state index contributed by atoms with van der Waals surface area (Å²) < 4.78 is 5.40. The second-order valence-corrected chi connectivity index (χ2v) is 6.72. The average molecular weight is 348 g/mol. The Bertz CT molecular complexity index is 1060. The molecule has 2 N–H and O–H groups in total. The summed E-state index contributed by atoms with van der Waals surface area (Å²) in [5.74, 6) is 2.39. The van der Waals surface area contributed by atoms with Crippen LogP contribution in [0.15, 0.2) is 37.1 Å². The molecule has 132 valence electrons. The van der Waals surface area contributed by atoms with Crippen LogP contribution in [0.2, 0.25) is 0 Å². The summed E-state index contributed by atoms with van der Waals surface area (Å²) >= 11 is 0. The molecule has 1 aliphatic heterocycles. The van der Waals surface area contributed by atoms with Crippen LogP contribution in [0.3, 0.4) is 0 Å². The number of imidazole rings is 1. The number of methoxy groups -OCH3 is 1. The maximum Gasteiger partial charge on any atom is 0.182 e. The van der Waals surface area contributed by atoms with Crippen molar-refractivity contribution in [2.75, 3.05) is 25.1 Å². The molecule has 5 rings (SSSR count). The van der Waals surface area contributed by atoms with E-state index in [2.05, 4.69) is 48.1 Å². The van der Waals surface area contributed by atoms with Gasteiger partial charge in [-0.05, 0) is 42.5 Å². The van der Waals surface area contributed by atoms with Gasteiger partial charge in [-0.15, -0.1) is 0 Å². The van der Waals surface area contributed by atoms with Crippen molar-refractivity contribution in [1.82, 2.24) is 24.9 Å². The van der Waals surface area contributed by atoms with Crippen molar-refractivity contribution in [3.8, 4) is 5.75 Å². The Morgan fingerprint density at radius 3 is 2.85 bits per heavy atom. The first kappa shape index (κ1) is 15.2. The first-order valence-corrected chi connectivity index (χ1v) is 8.87. The largest absolute Gasteiger partial charge is 0.497 e. The number of aromatic nitrogens is 5. The minimum Gasteiger partial charge on any atom is -0.497 e. The van der Waals surface area contributed by atoms with Gasteiger partial charge in [-0.2, -0.15) is 0 Å². The molecule has 1 saturated heterocycles. The van der Waals surface area contributed by atoms with Crippen LogP contribution in [0, 0.1) is 0 Å². The zero-order valence-electron chi connectivity index (χ0n) is 14.6. The van der Waals surface area contributed by atoms with Gasteiger partial charge >= 0.3 is 0 Å². The average Bonchev–Trinajstić information content (AvgIpc) is 3.34. The van der Waals surface area contributed by atoms with Gasteiger partial charge in [0.1, 0.15) is 17.6 Å². The predicted molar refractivity (Wildman–Crippen MR) is 101 cm³/mol. The first-order valence-electron chi connectivity index (χ1n) is 8.87. The molecule has 7 nitrogen and oxygen atoms in total. The summed E-state index contributed by atoms with van der Waals surface area (Å²) in [5, 5.41) is 1.26. The van der Waals surface area contributed by atoms with Crippen molar-refractivity contribution in [3.05, 3.63) is 42.6 Å². The Morgan fingerprint density at radius 2 is 2.00 bits per heavy atom. The van der Waals surface area contributed by atoms with Gasteiger partial charge in [-0.1, -0.05) is 0 Å². The number of rotatable bonds is 3. The number of aromatic amines is 2. The highest BCUT2D eigenvalue weighted by Gasteiger charge is 2.25. The van der Waals surface area contributed by atoms with Crippen LogP contribution >= 0.6 is 0 Å². The molecular formula is C19H20N6O. The molecule has 1 aliphatic rings. The minimum absolute atomic E-state index is 0.534. The highest BCUT2D eigenvalue weighted by molar-refractivity contribution is 5.85. The lowest BCUT2D eigenvalue weighted by molar-refractivity contribution is 0.415. The molecule has 0 radical (unpaired) electrons. The molecule has 1 aromatic carbocycles. The normalized spacial score (nSPS) is 15.8. The third kappa shape index (κ3) is 2.39. The van der Waals surface area contributed by atoms with Crippen molar-refractivity contribution in [2.24, 2.45) is 0 Å². The van der Waals surface area contributed by atoms with Crippen LogP contribution in [0.4, 0.5) is 5.82 Å². The lowest BCUT2D eigenvalue weighted by atomic mass is 9.89. The molecule has 26 heavy (non-hydrogen) atoms. The first-order chi connectivity index (χ1) is 12.8. The molecule has 4 aromatic rings. The molecule has 4 heterocycles. The molecule has 3 aromatic heterocycles. The second-order valence-electron chi connectivity index (χ2n) is 6.72. The Morgan fingerprint density at radius 1 is 1.12 bits per heavy atom. The van der Waals surface area contributed by atoms with Crippen molar-refractivity contribution >= 4 is 27.9 Å². The van der Waals surface area contributed by atoms with E-state index in [1.807, 2.05) is 6.07 Å². The number of hydrogen-bond acceptors (Lipinski definition) is 5. The Labute approximate surface area is 150 Å². The molecule has 0 aliphatic carbocycles. The Balaban J connectivity index is 1.40. The number of fused-ring (bicyclic) bond motifs is 2. The van der Waals surface area contributed by atoms with Crippen LogP contribution < -0.4 is 9.64 Å². The highest BCUT2D eigenvalue weighted by atomic mass is 16.5. The molecule has 0 atom stereocenters. The van der Waals surface area contributed by atoms with Crippen molar-refractivity contribution in [3.63, 3.8) is 0 Å². The van der Waals surface area contributed by atoms with Crippen LogP contribution in [-0.4, -0.2) is 45.1 Å². The molecule has 0 unspecified atom stereocenters. The summed E-state index contributed by atoms with van der Waals surface area (Å²) in [7, 11) is 1.71. The summed E-state index contributed by atoms with van der Waals surface area (Å²) in [4.78, 5) is 21.8. The highest BCUT2D eigenvalue weighted by Crippen LogP contribution is 2.36. The van der Waals surface area contributed by atoms with Gasteiger partial charge in [0.05, 0.1) is 13.4 Å². The topological polar surface area (TPSA) is 82.7 Å². The number of anilines is 1. The lowest BCUT2D eigenvalue weighted by Crippen LogP contribution is -2.33. The van der Waals surface area contributed by atoms with Gasteiger partial charge in [-0.3, -0.25) is 0 Å². The number of benzene rings is 1. The van der Waals surface area contributed by atoms with E-state index in [1.54, 1.807) is 19.8 Å². The summed E-state index contributed by atoms with van der Waals surface area (Å²) in [6.07, 6.45) is 7.60. The van der Waals surface area contributed by atoms with Gasteiger partial charge < -0.3 is 19.6 Å². The maximum absolute atomic E-state index is 5.40. The maximum atomic E-state index is 5.40. The minimum atomic E-state index is 0.534. The van der Waals surface area contributed by atoms with E-state index in [0.29, 0.717) is 5.92 Å². The Kier molecular flexibility index (Phi) is 3.51. The van der Waals surface area contributed by atoms with Gasteiger partial charge in [0.25, 0.3) is 0 Å².